The van der Waals surface area contributed by atoms with Crippen LogP contribution in [0, 0.1) is 10.1 Å². The monoisotopic (exact) mass is 335 g/mol. The first-order valence-electron chi connectivity index (χ1n) is 6.26. The molecule has 0 bridgehead atoms. The van der Waals surface area contributed by atoms with Gasteiger partial charge in [0.15, 0.2) is 0 Å². The van der Waals surface area contributed by atoms with Crippen molar-refractivity contribution in [1.29, 1.82) is 0 Å². The Bertz CT molecular complexity index is 554. The first-order valence-corrected chi connectivity index (χ1v) is 6.64. The van der Waals surface area contributed by atoms with Crippen LogP contribution in [-0.2, 0) is 4.74 Å². The van der Waals surface area contributed by atoms with E-state index in [0.29, 0.717) is 0 Å². The first kappa shape index (κ1) is 16.9. The normalized spacial score (nSPS) is 31.8. The predicted molar refractivity (Wildman–Crippen MR) is 72.5 cm³/mol. The Hall–Kier alpha value is -1.49. The highest BCUT2D eigenvalue weighted by Gasteiger charge is 2.44. The molecule has 1 aliphatic rings. The summed E-state index contributed by atoms with van der Waals surface area (Å²) in [6.07, 6.45) is -7.22. The van der Waals surface area contributed by atoms with Crippen LogP contribution in [0.5, 0.6) is 5.75 Å². The predicted octanol–water partition coefficient (Wildman–Crippen LogP) is -0.573. The number of hydrogen-bond acceptors (Lipinski definition) is 8. The van der Waals surface area contributed by atoms with Crippen molar-refractivity contribution in [3.05, 3.63) is 33.3 Å². The summed E-state index contributed by atoms with van der Waals surface area (Å²) in [4.78, 5) is 9.98. The molecule has 10 heteroatoms. The molecule has 0 aliphatic carbocycles. The van der Waals surface area contributed by atoms with E-state index in [-0.39, 0.29) is 16.5 Å². The number of nitro benzene ring substituents is 1. The molecular formula is C12H14ClNO8. The summed E-state index contributed by atoms with van der Waals surface area (Å²) >= 11 is 5.85. The molecule has 0 saturated carbocycles. The number of aliphatic hydroxyl groups is 4. The summed E-state index contributed by atoms with van der Waals surface area (Å²) in [5.41, 5.74) is -0.244. The Morgan fingerprint density at radius 2 is 1.95 bits per heavy atom. The molecule has 1 heterocycles. The smallest absolute Gasteiger partial charge is 0.271 e. The van der Waals surface area contributed by atoms with Crippen LogP contribution < -0.4 is 4.74 Å². The van der Waals surface area contributed by atoms with Crippen LogP contribution in [0.4, 0.5) is 5.69 Å². The van der Waals surface area contributed by atoms with Gasteiger partial charge in [0, 0.05) is 12.1 Å². The van der Waals surface area contributed by atoms with E-state index in [0.717, 1.165) is 12.1 Å². The average molecular weight is 336 g/mol. The summed E-state index contributed by atoms with van der Waals surface area (Å²) in [7, 11) is 0. The van der Waals surface area contributed by atoms with Gasteiger partial charge >= 0.3 is 0 Å². The van der Waals surface area contributed by atoms with Gasteiger partial charge in [0.25, 0.3) is 5.69 Å². The van der Waals surface area contributed by atoms with E-state index in [2.05, 4.69) is 0 Å². The van der Waals surface area contributed by atoms with Crippen LogP contribution in [-0.4, -0.2) is 62.7 Å². The molecule has 2 rings (SSSR count). The third kappa shape index (κ3) is 3.29. The number of benzene rings is 1. The zero-order valence-corrected chi connectivity index (χ0v) is 11.8. The Morgan fingerprint density at radius 3 is 2.50 bits per heavy atom. The van der Waals surface area contributed by atoms with Gasteiger partial charge < -0.3 is 29.9 Å². The topological polar surface area (TPSA) is 143 Å². The molecule has 4 N–H and O–H groups in total. The van der Waals surface area contributed by atoms with Crippen molar-refractivity contribution >= 4 is 17.3 Å². The van der Waals surface area contributed by atoms with Gasteiger partial charge in [-0.1, -0.05) is 11.6 Å². The van der Waals surface area contributed by atoms with E-state index in [1.54, 1.807) is 0 Å². The molecule has 0 amide bonds. The highest BCUT2D eigenvalue weighted by atomic mass is 35.5. The molecule has 1 fully saturated rings. The minimum atomic E-state index is -1.59. The van der Waals surface area contributed by atoms with Crippen molar-refractivity contribution in [3.8, 4) is 5.75 Å². The van der Waals surface area contributed by atoms with Crippen molar-refractivity contribution < 1.29 is 34.8 Å². The van der Waals surface area contributed by atoms with Crippen molar-refractivity contribution in [2.75, 3.05) is 6.61 Å². The van der Waals surface area contributed by atoms with Crippen molar-refractivity contribution in [1.82, 2.24) is 0 Å². The van der Waals surface area contributed by atoms with Crippen LogP contribution in [0.25, 0.3) is 0 Å². The van der Waals surface area contributed by atoms with E-state index < -0.39 is 42.2 Å². The molecule has 0 spiro atoms. The molecule has 9 nitrogen and oxygen atoms in total. The number of rotatable bonds is 4. The zero-order valence-electron chi connectivity index (χ0n) is 11.1. The second-order valence-electron chi connectivity index (χ2n) is 4.69. The molecule has 1 aliphatic heterocycles. The minimum Gasteiger partial charge on any atom is -0.460 e. The van der Waals surface area contributed by atoms with Gasteiger partial charge in [0.2, 0.25) is 6.29 Å². The second kappa shape index (κ2) is 6.73. The van der Waals surface area contributed by atoms with Crippen LogP contribution in [0.3, 0.4) is 0 Å². The Labute approximate surface area is 129 Å². The van der Waals surface area contributed by atoms with Crippen molar-refractivity contribution in [3.63, 3.8) is 0 Å². The van der Waals surface area contributed by atoms with E-state index in [1.165, 1.54) is 6.07 Å². The molecule has 1 aromatic rings. The fourth-order valence-corrected chi connectivity index (χ4v) is 2.21. The molecule has 122 valence electrons. The minimum absolute atomic E-state index is 0.0170. The highest BCUT2D eigenvalue weighted by molar-refractivity contribution is 6.32. The standard InChI is InChI=1S/C12H14ClNO8/c13-6-3-5(14(19)20)1-2-7(6)21-12-11(18)10(17)9(16)8(4-15)22-12/h1-3,8-12,15-18H,4H2/t8-,9-,10-,11-,12-/m1/s1. The maximum atomic E-state index is 10.6. The maximum Gasteiger partial charge on any atom is 0.271 e. The summed E-state index contributed by atoms with van der Waals surface area (Å²) < 4.78 is 10.4. The molecule has 0 aromatic heterocycles. The number of hydrogen-bond donors (Lipinski definition) is 4. The number of nitrogens with zero attached hydrogens (tertiary/aromatic N) is 1. The van der Waals surface area contributed by atoms with Crippen LogP contribution in [0.1, 0.15) is 0 Å². The lowest BCUT2D eigenvalue weighted by molar-refractivity contribution is -0.384. The molecular weight excluding hydrogens is 322 g/mol. The first-order chi connectivity index (χ1) is 10.3. The number of ether oxygens (including phenoxy) is 2. The van der Waals surface area contributed by atoms with Crippen LogP contribution >= 0.6 is 11.6 Å². The lowest BCUT2D eigenvalue weighted by Crippen LogP contribution is -2.60. The van der Waals surface area contributed by atoms with E-state index in [4.69, 9.17) is 26.2 Å². The third-order valence-electron chi connectivity index (χ3n) is 3.22. The quantitative estimate of drug-likeness (QED) is 0.423. The Kier molecular flexibility index (Phi) is 5.16. The molecule has 1 aromatic carbocycles. The molecule has 0 unspecified atom stereocenters. The average Bonchev–Trinajstić information content (AvgIpc) is 2.49. The van der Waals surface area contributed by atoms with E-state index >= 15 is 0 Å². The lowest BCUT2D eigenvalue weighted by Gasteiger charge is -2.39. The Balaban J connectivity index is 2.17. The van der Waals surface area contributed by atoms with E-state index in [1.807, 2.05) is 0 Å². The zero-order chi connectivity index (χ0) is 16.4. The summed E-state index contributed by atoms with van der Waals surface area (Å²) in [5.74, 6) is -0.0170. The summed E-state index contributed by atoms with van der Waals surface area (Å²) in [6.45, 7) is -0.598. The number of nitro groups is 1. The van der Waals surface area contributed by atoms with Gasteiger partial charge in [0.1, 0.15) is 30.2 Å². The fraction of sp³-hybridized carbons (Fsp3) is 0.500. The highest BCUT2D eigenvalue weighted by Crippen LogP contribution is 2.31. The lowest BCUT2D eigenvalue weighted by atomic mass is 9.99. The largest absolute Gasteiger partial charge is 0.460 e. The third-order valence-corrected chi connectivity index (χ3v) is 3.51. The van der Waals surface area contributed by atoms with Gasteiger partial charge in [-0.25, -0.2) is 0 Å². The molecule has 1 saturated heterocycles. The Morgan fingerprint density at radius 1 is 1.27 bits per heavy atom. The molecule has 22 heavy (non-hydrogen) atoms. The number of halogens is 1. The molecule has 0 radical (unpaired) electrons. The summed E-state index contributed by atoms with van der Waals surface area (Å²) in [5, 5.41) is 48.7. The van der Waals surface area contributed by atoms with Gasteiger partial charge in [-0.2, -0.15) is 0 Å². The van der Waals surface area contributed by atoms with Gasteiger partial charge in [-0.15, -0.1) is 0 Å². The van der Waals surface area contributed by atoms with Crippen molar-refractivity contribution in [2.45, 2.75) is 30.7 Å². The van der Waals surface area contributed by atoms with Gasteiger partial charge in [-0.05, 0) is 6.07 Å². The second-order valence-corrected chi connectivity index (χ2v) is 5.09. The van der Waals surface area contributed by atoms with Crippen molar-refractivity contribution in [2.24, 2.45) is 0 Å². The maximum absolute atomic E-state index is 10.6. The number of aliphatic hydroxyl groups excluding tert-OH is 4. The molecule has 5 atom stereocenters. The van der Waals surface area contributed by atoms with E-state index in [9.17, 15) is 25.4 Å². The number of non-ortho nitro benzene ring substituents is 1. The van der Waals surface area contributed by atoms with Gasteiger partial charge in [-0.3, -0.25) is 10.1 Å². The van der Waals surface area contributed by atoms with Crippen LogP contribution in [0.15, 0.2) is 18.2 Å². The SMILES string of the molecule is O=[N+]([O-])c1ccc(O[C@@H]2O[C@H](CO)[C@@H](O)[C@@H](O)[C@H]2O)c(Cl)c1. The fourth-order valence-electron chi connectivity index (χ4n) is 1.99. The van der Waals surface area contributed by atoms with Crippen LogP contribution in [0.2, 0.25) is 5.02 Å². The summed E-state index contributed by atoms with van der Waals surface area (Å²) in [6, 6.07) is 3.41. The van der Waals surface area contributed by atoms with Gasteiger partial charge in [0.05, 0.1) is 16.6 Å².